The Morgan fingerprint density at radius 2 is 1.65 bits per heavy atom. The molecule has 0 unspecified atom stereocenters. The Kier molecular flexibility index (Phi) is 3.82. The molecule has 1 aliphatic carbocycles. The second kappa shape index (κ2) is 5.98. The first-order chi connectivity index (χ1) is 11.3. The third-order valence-electron chi connectivity index (χ3n) is 5.41. The van der Waals surface area contributed by atoms with Crippen molar-refractivity contribution >= 4 is 21.5 Å². The SMILES string of the molecule is CCN(C)Cc1ccc2ccc3c4c(ccc3c2c1)CCCC4. The normalized spacial score (nSPS) is 14.6. The highest BCUT2D eigenvalue weighted by atomic mass is 15.1. The summed E-state index contributed by atoms with van der Waals surface area (Å²) >= 11 is 0. The van der Waals surface area contributed by atoms with Crippen molar-refractivity contribution in [2.45, 2.75) is 39.2 Å². The molecule has 4 rings (SSSR count). The minimum atomic E-state index is 1.02. The van der Waals surface area contributed by atoms with Crippen LogP contribution in [-0.2, 0) is 19.4 Å². The van der Waals surface area contributed by atoms with Crippen LogP contribution in [0.4, 0.5) is 0 Å². The molecule has 0 fully saturated rings. The maximum Gasteiger partial charge on any atom is 0.0230 e. The Morgan fingerprint density at radius 1 is 0.870 bits per heavy atom. The van der Waals surface area contributed by atoms with Crippen LogP contribution in [0, 0.1) is 0 Å². The molecular formula is C22H25N. The zero-order valence-electron chi connectivity index (χ0n) is 14.2. The smallest absolute Gasteiger partial charge is 0.0230 e. The van der Waals surface area contributed by atoms with Crippen LogP contribution >= 0.6 is 0 Å². The first kappa shape index (κ1) is 14.7. The Hall–Kier alpha value is -1.86. The van der Waals surface area contributed by atoms with E-state index in [0.29, 0.717) is 0 Å². The lowest BCUT2D eigenvalue weighted by molar-refractivity contribution is 0.346. The zero-order valence-corrected chi connectivity index (χ0v) is 14.2. The molecule has 0 saturated heterocycles. The summed E-state index contributed by atoms with van der Waals surface area (Å²) in [6, 6.07) is 16.3. The summed E-state index contributed by atoms with van der Waals surface area (Å²) in [5.74, 6) is 0. The fourth-order valence-electron chi connectivity index (χ4n) is 3.96. The number of benzene rings is 3. The molecule has 1 nitrogen and oxygen atoms in total. The molecule has 0 aliphatic heterocycles. The van der Waals surface area contributed by atoms with Gasteiger partial charge < -0.3 is 4.90 Å². The molecule has 0 bridgehead atoms. The van der Waals surface area contributed by atoms with Gasteiger partial charge in [0.05, 0.1) is 0 Å². The van der Waals surface area contributed by atoms with Crippen molar-refractivity contribution in [3.05, 3.63) is 59.2 Å². The van der Waals surface area contributed by atoms with Gasteiger partial charge in [0.1, 0.15) is 0 Å². The van der Waals surface area contributed by atoms with Gasteiger partial charge >= 0.3 is 0 Å². The molecule has 0 spiro atoms. The molecule has 0 N–H and O–H groups in total. The van der Waals surface area contributed by atoms with Crippen LogP contribution in [0.25, 0.3) is 21.5 Å². The minimum absolute atomic E-state index is 1.02. The number of aryl methyl sites for hydroxylation is 2. The third kappa shape index (κ3) is 2.64. The van der Waals surface area contributed by atoms with Crippen molar-refractivity contribution in [1.82, 2.24) is 4.90 Å². The molecule has 0 radical (unpaired) electrons. The van der Waals surface area contributed by atoms with Crippen molar-refractivity contribution in [2.24, 2.45) is 0 Å². The van der Waals surface area contributed by atoms with Gasteiger partial charge in [-0.05, 0) is 83.6 Å². The van der Waals surface area contributed by atoms with Crippen molar-refractivity contribution in [3.8, 4) is 0 Å². The highest BCUT2D eigenvalue weighted by Gasteiger charge is 2.13. The lowest BCUT2D eigenvalue weighted by Crippen LogP contribution is -2.16. The largest absolute Gasteiger partial charge is 0.302 e. The summed E-state index contributed by atoms with van der Waals surface area (Å²) in [6.07, 6.45) is 5.19. The molecule has 3 aromatic carbocycles. The summed E-state index contributed by atoms with van der Waals surface area (Å²) in [4.78, 5) is 2.36. The summed E-state index contributed by atoms with van der Waals surface area (Å²) in [5.41, 5.74) is 4.59. The van der Waals surface area contributed by atoms with E-state index < -0.39 is 0 Å². The van der Waals surface area contributed by atoms with Crippen LogP contribution in [-0.4, -0.2) is 18.5 Å². The van der Waals surface area contributed by atoms with Gasteiger partial charge in [-0.2, -0.15) is 0 Å². The topological polar surface area (TPSA) is 3.24 Å². The van der Waals surface area contributed by atoms with Gasteiger partial charge in [-0.1, -0.05) is 43.3 Å². The summed E-state index contributed by atoms with van der Waals surface area (Å²) in [5, 5.41) is 5.69. The standard InChI is InChI=1S/C22H25N/c1-3-23(2)15-16-8-9-18-11-12-20-19-7-5-4-6-17(19)10-13-21(20)22(18)14-16/h8-14H,3-7,15H2,1-2H3. The number of rotatable bonds is 3. The van der Waals surface area contributed by atoms with E-state index in [9.17, 15) is 0 Å². The van der Waals surface area contributed by atoms with Gasteiger partial charge in [-0.3, -0.25) is 0 Å². The molecule has 118 valence electrons. The van der Waals surface area contributed by atoms with Crippen molar-refractivity contribution in [3.63, 3.8) is 0 Å². The summed E-state index contributed by atoms with van der Waals surface area (Å²) in [7, 11) is 2.18. The number of nitrogens with zero attached hydrogens (tertiary/aromatic N) is 1. The van der Waals surface area contributed by atoms with Crippen LogP contribution < -0.4 is 0 Å². The lowest BCUT2D eigenvalue weighted by atomic mass is 9.86. The van der Waals surface area contributed by atoms with Crippen molar-refractivity contribution in [1.29, 1.82) is 0 Å². The predicted molar refractivity (Wildman–Crippen MR) is 100 cm³/mol. The van der Waals surface area contributed by atoms with Gasteiger partial charge in [-0.25, -0.2) is 0 Å². The second-order valence-electron chi connectivity index (χ2n) is 6.96. The molecule has 1 aliphatic rings. The van der Waals surface area contributed by atoms with E-state index in [1.807, 2.05) is 0 Å². The average molecular weight is 303 g/mol. The molecular weight excluding hydrogens is 278 g/mol. The van der Waals surface area contributed by atoms with Crippen molar-refractivity contribution in [2.75, 3.05) is 13.6 Å². The maximum atomic E-state index is 2.40. The van der Waals surface area contributed by atoms with E-state index in [4.69, 9.17) is 0 Å². The van der Waals surface area contributed by atoms with E-state index in [1.165, 1.54) is 52.8 Å². The van der Waals surface area contributed by atoms with Gasteiger partial charge in [-0.15, -0.1) is 0 Å². The highest BCUT2D eigenvalue weighted by Crippen LogP contribution is 2.33. The van der Waals surface area contributed by atoms with Crippen LogP contribution in [0.3, 0.4) is 0 Å². The van der Waals surface area contributed by atoms with Gasteiger partial charge in [0.2, 0.25) is 0 Å². The molecule has 0 heterocycles. The molecule has 0 atom stereocenters. The molecule has 0 aromatic heterocycles. The Balaban J connectivity index is 1.90. The van der Waals surface area contributed by atoms with Gasteiger partial charge in [0, 0.05) is 6.54 Å². The number of fused-ring (bicyclic) bond motifs is 5. The lowest BCUT2D eigenvalue weighted by Gasteiger charge is -2.19. The Morgan fingerprint density at radius 3 is 2.52 bits per heavy atom. The summed E-state index contributed by atoms with van der Waals surface area (Å²) in [6.45, 7) is 4.32. The van der Waals surface area contributed by atoms with Crippen LogP contribution in [0.1, 0.15) is 36.5 Å². The molecule has 23 heavy (non-hydrogen) atoms. The maximum absolute atomic E-state index is 2.40. The van der Waals surface area contributed by atoms with E-state index in [0.717, 1.165) is 13.1 Å². The molecule has 3 aromatic rings. The van der Waals surface area contributed by atoms with Gasteiger partial charge in [0.15, 0.2) is 0 Å². The quantitative estimate of drug-likeness (QED) is 0.592. The number of hydrogen-bond acceptors (Lipinski definition) is 1. The first-order valence-electron chi connectivity index (χ1n) is 8.91. The molecule has 0 saturated carbocycles. The minimum Gasteiger partial charge on any atom is -0.302 e. The third-order valence-corrected chi connectivity index (χ3v) is 5.41. The summed E-state index contributed by atoms with van der Waals surface area (Å²) < 4.78 is 0. The zero-order chi connectivity index (χ0) is 15.8. The molecule has 0 amide bonds. The van der Waals surface area contributed by atoms with E-state index in [-0.39, 0.29) is 0 Å². The van der Waals surface area contributed by atoms with Gasteiger partial charge in [0.25, 0.3) is 0 Å². The Labute approximate surface area is 138 Å². The monoisotopic (exact) mass is 303 g/mol. The fourth-order valence-corrected chi connectivity index (χ4v) is 3.96. The average Bonchev–Trinajstić information content (AvgIpc) is 2.61. The van der Waals surface area contributed by atoms with Crippen molar-refractivity contribution < 1.29 is 0 Å². The van der Waals surface area contributed by atoms with E-state index >= 15 is 0 Å². The second-order valence-corrected chi connectivity index (χ2v) is 6.96. The fraction of sp³-hybridized carbons (Fsp3) is 0.364. The Bertz CT molecular complexity index is 863. The number of hydrogen-bond donors (Lipinski definition) is 0. The predicted octanol–water partition coefficient (Wildman–Crippen LogP) is 5.32. The van der Waals surface area contributed by atoms with Crippen LogP contribution in [0.15, 0.2) is 42.5 Å². The molecule has 1 heteroatoms. The van der Waals surface area contributed by atoms with E-state index in [2.05, 4.69) is 61.3 Å². The van der Waals surface area contributed by atoms with Crippen LogP contribution in [0.5, 0.6) is 0 Å². The van der Waals surface area contributed by atoms with Crippen LogP contribution in [0.2, 0.25) is 0 Å². The highest BCUT2D eigenvalue weighted by molar-refractivity contribution is 6.09. The first-order valence-corrected chi connectivity index (χ1v) is 8.91. The van der Waals surface area contributed by atoms with E-state index in [1.54, 1.807) is 11.1 Å².